The zero-order valence-electron chi connectivity index (χ0n) is 11.4. The Hall–Kier alpha value is -1.49. The standard InChI is InChI=1S/C14H17BrN2O2/c1-8-7-9-11(6-5-10(15)12(9)16-8)17-13(18)19-14(2,3)4/h5-7,16H,1-4H3,(H,17,18). The normalized spacial score (nSPS) is 11.6. The summed E-state index contributed by atoms with van der Waals surface area (Å²) >= 11 is 3.48. The van der Waals surface area contributed by atoms with E-state index in [9.17, 15) is 4.79 Å². The van der Waals surface area contributed by atoms with Gasteiger partial charge in [0.1, 0.15) is 5.60 Å². The molecule has 102 valence electrons. The number of fused-ring (bicyclic) bond motifs is 1. The number of carbonyl (C=O) groups is 1. The Morgan fingerprint density at radius 2 is 2.05 bits per heavy atom. The van der Waals surface area contributed by atoms with Crippen molar-refractivity contribution < 1.29 is 9.53 Å². The van der Waals surface area contributed by atoms with Crippen molar-refractivity contribution in [3.05, 3.63) is 28.4 Å². The molecule has 1 aromatic carbocycles. The minimum Gasteiger partial charge on any atom is -0.444 e. The van der Waals surface area contributed by atoms with Crippen LogP contribution in [-0.2, 0) is 4.74 Å². The largest absolute Gasteiger partial charge is 0.444 e. The smallest absolute Gasteiger partial charge is 0.412 e. The lowest BCUT2D eigenvalue weighted by Gasteiger charge is -2.20. The Balaban J connectivity index is 2.31. The molecule has 0 spiro atoms. The topological polar surface area (TPSA) is 54.1 Å². The van der Waals surface area contributed by atoms with Crippen molar-refractivity contribution in [2.45, 2.75) is 33.3 Å². The lowest BCUT2D eigenvalue weighted by atomic mass is 10.2. The number of anilines is 1. The third kappa shape index (κ3) is 3.29. The molecule has 2 rings (SSSR count). The predicted octanol–water partition coefficient (Wildman–Crippen LogP) is 4.59. The number of hydrogen-bond donors (Lipinski definition) is 2. The summed E-state index contributed by atoms with van der Waals surface area (Å²) in [4.78, 5) is 15.1. The van der Waals surface area contributed by atoms with E-state index in [1.807, 2.05) is 45.9 Å². The first-order valence-corrected chi connectivity index (χ1v) is 6.83. The summed E-state index contributed by atoms with van der Waals surface area (Å²) in [6.07, 6.45) is -0.449. The minimum absolute atomic E-state index is 0.449. The summed E-state index contributed by atoms with van der Waals surface area (Å²) in [6.45, 7) is 7.49. The Morgan fingerprint density at radius 1 is 1.37 bits per heavy atom. The molecule has 0 unspecified atom stereocenters. The number of aromatic amines is 1. The SMILES string of the molecule is Cc1cc2c(NC(=O)OC(C)(C)C)ccc(Br)c2[nH]1. The number of halogens is 1. The molecule has 0 saturated carbocycles. The third-order valence-electron chi connectivity index (χ3n) is 2.51. The van der Waals surface area contributed by atoms with Crippen LogP contribution in [0.15, 0.2) is 22.7 Å². The molecule has 0 saturated heterocycles. The van der Waals surface area contributed by atoms with Gasteiger partial charge in [0.15, 0.2) is 0 Å². The van der Waals surface area contributed by atoms with E-state index < -0.39 is 11.7 Å². The summed E-state index contributed by atoms with van der Waals surface area (Å²) < 4.78 is 6.22. The molecule has 5 heteroatoms. The van der Waals surface area contributed by atoms with Crippen molar-refractivity contribution in [3.63, 3.8) is 0 Å². The van der Waals surface area contributed by atoms with Crippen LogP contribution in [0.1, 0.15) is 26.5 Å². The van der Waals surface area contributed by atoms with Crippen molar-refractivity contribution >= 4 is 38.6 Å². The number of nitrogens with one attached hydrogen (secondary N) is 2. The van der Waals surface area contributed by atoms with E-state index in [4.69, 9.17) is 4.74 Å². The maximum absolute atomic E-state index is 11.8. The van der Waals surface area contributed by atoms with Crippen LogP contribution in [0.5, 0.6) is 0 Å². The highest BCUT2D eigenvalue weighted by atomic mass is 79.9. The first kappa shape index (κ1) is 13.9. The van der Waals surface area contributed by atoms with Gasteiger partial charge in [0, 0.05) is 15.6 Å². The number of benzene rings is 1. The lowest BCUT2D eigenvalue weighted by molar-refractivity contribution is 0.0636. The molecule has 0 atom stereocenters. The van der Waals surface area contributed by atoms with Gasteiger partial charge in [0.2, 0.25) is 0 Å². The number of H-pyrrole nitrogens is 1. The van der Waals surface area contributed by atoms with Crippen LogP contribution in [0.3, 0.4) is 0 Å². The van der Waals surface area contributed by atoms with E-state index in [1.165, 1.54) is 0 Å². The monoisotopic (exact) mass is 324 g/mol. The summed E-state index contributed by atoms with van der Waals surface area (Å²) in [5.41, 5.74) is 2.23. The Labute approximate surface area is 120 Å². The second-order valence-electron chi connectivity index (χ2n) is 5.46. The van der Waals surface area contributed by atoms with Crippen LogP contribution in [-0.4, -0.2) is 16.7 Å². The summed E-state index contributed by atoms with van der Waals surface area (Å²) in [5.74, 6) is 0. The van der Waals surface area contributed by atoms with E-state index in [2.05, 4.69) is 26.2 Å². The predicted molar refractivity (Wildman–Crippen MR) is 80.6 cm³/mol. The van der Waals surface area contributed by atoms with Gasteiger partial charge in [-0.1, -0.05) is 0 Å². The number of rotatable bonds is 1. The number of aryl methyl sites for hydroxylation is 1. The summed E-state index contributed by atoms with van der Waals surface area (Å²) in [7, 11) is 0. The Bertz CT molecular complexity index is 626. The van der Waals surface area contributed by atoms with Gasteiger partial charge in [0.05, 0.1) is 11.2 Å². The van der Waals surface area contributed by atoms with E-state index in [0.717, 1.165) is 26.8 Å². The van der Waals surface area contributed by atoms with Gasteiger partial charge >= 0.3 is 6.09 Å². The zero-order chi connectivity index (χ0) is 14.2. The fourth-order valence-corrected chi connectivity index (χ4v) is 2.29. The van der Waals surface area contributed by atoms with E-state index in [1.54, 1.807) is 0 Å². The van der Waals surface area contributed by atoms with Gasteiger partial charge in [0.25, 0.3) is 0 Å². The highest BCUT2D eigenvalue weighted by Crippen LogP contribution is 2.30. The van der Waals surface area contributed by atoms with E-state index in [-0.39, 0.29) is 0 Å². The van der Waals surface area contributed by atoms with Crippen LogP contribution in [0.2, 0.25) is 0 Å². The molecule has 0 bridgehead atoms. The van der Waals surface area contributed by atoms with Crippen LogP contribution in [0.25, 0.3) is 10.9 Å². The van der Waals surface area contributed by atoms with Gasteiger partial charge in [-0.05, 0) is 61.8 Å². The van der Waals surface area contributed by atoms with Crippen molar-refractivity contribution in [2.75, 3.05) is 5.32 Å². The molecule has 0 aliphatic heterocycles. The number of hydrogen-bond acceptors (Lipinski definition) is 2. The second-order valence-corrected chi connectivity index (χ2v) is 6.32. The number of amides is 1. The van der Waals surface area contributed by atoms with Gasteiger partial charge in [-0.25, -0.2) is 4.79 Å². The van der Waals surface area contributed by atoms with Gasteiger partial charge in [-0.2, -0.15) is 0 Å². The van der Waals surface area contributed by atoms with E-state index >= 15 is 0 Å². The molecule has 0 fully saturated rings. The minimum atomic E-state index is -0.507. The van der Waals surface area contributed by atoms with Gasteiger partial charge in [-0.3, -0.25) is 5.32 Å². The first-order valence-electron chi connectivity index (χ1n) is 6.04. The van der Waals surface area contributed by atoms with Crippen molar-refractivity contribution in [2.24, 2.45) is 0 Å². The second kappa shape index (κ2) is 4.89. The molecule has 0 aliphatic rings. The van der Waals surface area contributed by atoms with Gasteiger partial charge in [-0.15, -0.1) is 0 Å². The highest BCUT2D eigenvalue weighted by molar-refractivity contribution is 9.10. The molecule has 0 aliphatic carbocycles. The first-order chi connectivity index (χ1) is 8.76. The molecular weight excluding hydrogens is 308 g/mol. The molecule has 19 heavy (non-hydrogen) atoms. The fraction of sp³-hybridized carbons (Fsp3) is 0.357. The molecule has 2 aromatic rings. The van der Waals surface area contributed by atoms with Crippen molar-refractivity contribution in [3.8, 4) is 0 Å². The van der Waals surface area contributed by atoms with Crippen molar-refractivity contribution in [1.29, 1.82) is 0 Å². The van der Waals surface area contributed by atoms with Gasteiger partial charge < -0.3 is 9.72 Å². The van der Waals surface area contributed by atoms with Crippen LogP contribution in [0, 0.1) is 6.92 Å². The quantitative estimate of drug-likeness (QED) is 0.806. The number of aromatic nitrogens is 1. The molecule has 0 radical (unpaired) electrons. The van der Waals surface area contributed by atoms with E-state index in [0.29, 0.717) is 0 Å². The summed E-state index contributed by atoms with van der Waals surface area (Å²) in [6, 6.07) is 5.74. The molecular formula is C14H17BrN2O2. The van der Waals surface area contributed by atoms with Crippen LogP contribution in [0.4, 0.5) is 10.5 Å². The van der Waals surface area contributed by atoms with Crippen LogP contribution < -0.4 is 5.32 Å². The van der Waals surface area contributed by atoms with Crippen molar-refractivity contribution in [1.82, 2.24) is 4.98 Å². The molecule has 1 amide bonds. The fourth-order valence-electron chi connectivity index (χ4n) is 1.84. The molecule has 4 nitrogen and oxygen atoms in total. The zero-order valence-corrected chi connectivity index (χ0v) is 13.0. The average Bonchev–Trinajstić information content (AvgIpc) is 2.62. The molecule has 1 aromatic heterocycles. The van der Waals surface area contributed by atoms with Crippen LogP contribution >= 0.6 is 15.9 Å². The number of carbonyl (C=O) groups excluding carboxylic acids is 1. The lowest BCUT2D eigenvalue weighted by Crippen LogP contribution is -2.27. The maximum Gasteiger partial charge on any atom is 0.412 e. The third-order valence-corrected chi connectivity index (χ3v) is 3.17. The Kier molecular flexibility index (Phi) is 3.58. The Morgan fingerprint density at radius 3 is 2.68 bits per heavy atom. The highest BCUT2D eigenvalue weighted by Gasteiger charge is 2.17. The maximum atomic E-state index is 11.8. The summed E-state index contributed by atoms with van der Waals surface area (Å²) in [5, 5.41) is 3.74. The molecule has 2 N–H and O–H groups in total. The average molecular weight is 325 g/mol. The number of ether oxygens (including phenoxy) is 1. The molecule has 1 heterocycles.